The van der Waals surface area contributed by atoms with E-state index in [0.717, 1.165) is 23.9 Å². The standard InChI is InChI=1S/C20H19N5O2S/c21-19(27)16-8-13(10-23-16)17-11-28-20(24-17)25-18(26)7-3-4-12-9-22-15-6-2-1-5-14(12)15/h1-2,5-6,8-11,22-23H,3-4,7H2,(H2,21,27)(H,24,25,26). The lowest BCUT2D eigenvalue weighted by Gasteiger charge is -2.02. The number of hydrogen-bond donors (Lipinski definition) is 4. The lowest BCUT2D eigenvalue weighted by Crippen LogP contribution is -2.11. The van der Waals surface area contributed by atoms with Crippen LogP contribution in [0.4, 0.5) is 5.13 Å². The third-order valence-electron chi connectivity index (χ3n) is 4.52. The van der Waals surface area contributed by atoms with Gasteiger partial charge in [0.25, 0.3) is 5.91 Å². The number of aromatic nitrogens is 3. The smallest absolute Gasteiger partial charge is 0.265 e. The Balaban J connectivity index is 1.31. The highest BCUT2D eigenvalue weighted by Gasteiger charge is 2.11. The maximum absolute atomic E-state index is 12.2. The molecule has 0 saturated heterocycles. The zero-order valence-corrected chi connectivity index (χ0v) is 15.8. The number of nitrogens with zero attached hydrogens (tertiary/aromatic N) is 1. The molecule has 5 N–H and O–H groups in total. The molecule has 4 aromatic rings. The highest BCUT2D eigenvalue weighted by Crippen LogP contribution is 2.26. The number of fused-ring (bicyclic) bond motifs is 1. The molecular formula is C20H19N5O2S. The van der Waals surface area contributed by atoms with E-state index < -0.39 is 5.91 Å². The molecule has 142 valence electrons. The van der Waals surface area contributed by atoms with Gasteiger partial charge in [-0.3, -0.25) is 9.59 Å². The van der Waals surface area contributed by atoms with Gasteiger partial charge in [0, 0.05) is 40.7 Å². The molecule has 7 nitrogen and oxygen atoms in total. The number of aromatic amines is 2. The number of rotatable bonds is 7. The number of H-pyrrole nitrogens is 2. The van der Waals surface area contributed by atoms with E-state index in [9.17, 15) is 9.59 Å². The largest absolute Gasteiger partial charge is 0.364 e. The zero-order valence-electron chi connectivity index (χ0n) is 15.0. The van der Waals surface area contributed by atoms with Crippen molar-refractivity contribution in [1.29, 1.82) is 0 Å². The maximum atomic E-state index is 12.2. The summed E-state index contributed by atoms with van der Waals surface area (Å²) in [6.07, 6.45) is 5.69. The van der Waals surface area contributed by atoms with Gasteiger partial charge < -0.3 is 21.0 Å². The van der Waals surface area contributed by atoms with E-state index >= 15 is 0 Å². The van der Waals surface area contributed by atoms with Gasteiger partial charge in [0.1, 0.15) is 5.69 Å². The number of carbonyl (C=O) groups excluding carboxylic acids is 2. The summed E-state index contributed by atoms with van der Waals surface area (Å²) in [6, 6.07) is 9.79. The van der Waals surface area contributed by atoms with E-state index in [0.29, 0.717) is 22.9 Å². The Morgan fingerprint density at radius 2 is 2.04 bits per heavy atom. The van der Waals surface area contributed by atoms with Crippen molar-refractivity contribution in [2.75, 3.05) is 5.32 Å². The fourth-order valence-electron chi connectivity index (χ4n) is 3.11. The number of para-hydroxylation sites is 1. The summed E-state index contributed by atoms with van der Waals surface area (Å²) in [4.78, 5) is 33.9. The topological polar surface area (TPSA) is 117 Å². The van der Waals surface area contributed by atoms with Crippen LogP contribution in [-0.2, 0) is 11.2 Å². The minimum absolute atomic E-state index is 0.0624. The molecule has 0 fully saturated rings. The van der Waals surface area contributed by atoms with Gasteiger partial charge >= 0.3 is 0 Å². The monoisotopic (exact) mass is 393 g/mol. The Morgan fingerprint density at radius 3 is 2.86 bits per heavy atom. The van der Waals surface area contributed by atoms with Crippen molar-refractivity contribution in [2.24, 2.45) is 5.73 Å². The third-order valence-corrected chi connectivity index (χ3v) is 5.28. The van der Waals surface area contributed by atoms with Gasteiger partial charge in [-0.2, -0.15) is 0 Å². The van der Waals surface area contributed by atoms with Crippen LogP contribution in [0.3, 0.4) is 0 Å². The number of anilines is 1. The summed E-state index contributed by atoms with van der Waals surface area (Å²) in [5.74, 6) is -0.585. The lowest BCUT2D eigenvalue weighted by molar-refractivity contribution is -0.116. The van der Waals surface area contributed by atoms with E-state index in [1.807, 2.05) is 29.8 Å². The summed E-state index contributed by atoms with van der Waals surface area (Å²) < 4.78 is 0. The molecule has 1 aromatic carbocycles. The second kappa shape index (κ2) is 7.69. The summed E-state index contributed by atoms with van der Waals surface area (Å²) >= 11 is 1.35. The Bertz CT molecular complexity index is 1140. The normalized spacial score (nSPS) is 11.0. The van der Waals surface area contributed by atoms with E-state index in [-0.39, 0.29) is 5.91 Å². The van der Waals surface area contributed by atoms with Crippen LogP contribution in [0.5, 0.6) is 0 Å². The highest BCUT2D eigenvalue weighted by atomic mass is 32.1. The zero-order chi connectivity index (χ0) is 19.5. The van der Waals surface area contributed by atoms with Crippen LogP contribution in [0.15, 0.2) is 48.1 Å². The molecule has 0 bridgehead atoms. The van der Waals surface area contributed by atoms with Gasteiger partial charge in [-0.15, -0.1) is 11.3 Å². The molecule has 0 saturated carbocycles. The molecule has 3 aromatic heterocycles. The predicted octanol–water partition coefficient (Wildman–Crippen LogP) is 3.68. The molecule has 0 unspecified atom stereocenters. The number of aryl methyl sites for hydroxylation is 1. The molecule has 3 heterocycles. The molecule has 0 radical (unpaired) electrons. The number of hydrogen-bond acceptors (Lipinski definition) is 4. The van der Waals surface area contributed by atoms with Crippen LogP contribution in [0.1, 0.15) is 28.9 Å². The first-order valence-corrected chi connectivity index (χ1v) is 9.77. The Hall–Kier alpha value is -3.39. The average Bonchev–Trinajstić information content (AvgIpc) is 3.41. The molecule has 2 amide bonds. The fourth-order valence-corrected chi connectivity index (χ4v) is 3.84. The van der Waals surface area contributed by atoms with E-state index in [2.05, 4.69) is 26.3 Å². The summed E-state index contributed by atoms with van der Waals surface area (Å²) in [5, 5.41) is 6.41. The fraction of sp³-hybridized carbons (Fsp3) is 0.150. The minimum Gasteiger partial charge on any atom is -0.364 e. The molecule has 0 aliphatic rings. The quantitative estimate of drug-likeness (QED) is 0.384. The average molecular weight is 393 g/mol. The molecule has 0 aliphatic heterocycles. The van der Waals surface area contributed by atoms with Gasteiger partial charge in [-0.05, 0) is 30.5 Å². The Labute approximate surface area is 165 Å². The molecule has 0 atom stereocenters. The second-order valence-electron chi connectivity index (χ2n) is 6.47. The summed E-state index contributed by atoms with van der Waals surface area (Å²) in [7, 11) is 0. The van der Waals surface area contributed by atoms with Crippen LogP contribution in [0, 0.1) is 0 Å². The SMILES string of the molecule is NC(=O)c1cc(-c2csc(NC(=O)CCCc3c[nH]c4ccccc34)n2)c[nH]1. The van der Waals surface area contributed by atoms with Crippen LogP contribution in [-0.4, -0.2) is 26.8 Å². The third kappa shape index (κ3) is 3.81. The van der Waals surface area contributed by atoms with Gasteiger partial charge in [0.05, 0.1) is 5.69 Å². The minimum atomic E-state index is -0.523. The van der Waals surface area contributed by atoms with Gasteiger partial charge in [0.2, 0.25) is 5.91 Å². The van der Waals surface area contributed by atoms with E-state index in [4.69, 9.17) is 5.73 Å². The highest BCUT2D eigenvalue weighted by molar-refractivity contribution is 7.14. The van der Waals surface area contributed by atoms with Crippen molar-refractivity contribution >= 4 is 39.2 Å². The van der Waals surface area contributed by atoms with Gasteiger partial charge in [-0.1, -0.05) is 18.2 Å². The van der Waals surface area contributed by atoms with E-state index in [1.54, 1.807) is 12.3 Å². The number of thiazole rings is 1. The number of nitrogens with one attached hydrogen (secondary N) is 3. The Kier molecular flexibility index (Phi) is 4.94. The van der Waals surface area contributed by atoms with Crippen molar-refractivity contribution in [3.8, 4) is 11.3 Å². The van der Waals surface area contributed by atoms with Crippen molar-refractivity contribution < 1.29 is 9.59 Å². The van der Waals surface area contributed by atoms with Gasteiger partial charge in [0.15, 0.2) is 5.13 Å². The molecular weight excluding hydrogens is 374 g/mol. The molecule has 28 heavy (non-hydrogen) atoms. The van der Waals surface area contributed by atoms with Crippen molar-refractivity contribution in [3.05, 3.63) is 59.4 Å². The number of carbonyl (C=O) groups is 2. The van der Waals surface area contributed by atoms with Crippen molar-refractivity contribution in [2.45, 2.75) is 19.3 Å². The lowest BCUT2D eigenvalue weighted by atomic mass is 10.1. The number of benzene rings is 1. The molecule has 4 rings (SSSR count). The first-order chi connectivity index (χ1) is 13.6. The second-order valence-corrected chi connectivity index (χ2v) is 7.32. The van der Waals surface area contributed by atoms with Crippen LogP contribution >= 0.6 is 11.3 Å². The van der Waals surface area contributed by atoms with Crippen molar-refractivity contribution in [3.63, 3.8) is 0 Å². The Morgan fingerprint density at radius 1 is 1.18 bits per heavy atom. The predicted molar refractivity (Wildman–Crippen MR) is 110 cm³/mol. The first kappa shape index (κ1) is 18.0. The van der Waals surface area contributed by atoms with Crippen LogP contribution < -0.4 is 11.1 Å². The maximum Gasteiger partial charge on any atom is 0.265 e. The molecule has 0 spiro atoms. The number of primary amides is 1. The number of nitrogens with two attached hydrogens (primary N) is 1. The van der Waals surface area contributed by atoms with E-state index in [1.165, 1.54) is 22.3 Å². The van der Waals surface area contributed by atoms with Gasteiger partial charge in [-0.25, -0.2) is 4.98 Å². The number of amides is 2. The van der Waals surface area contributed by atoms with Crippen molar-refractivity contribution in [1.82, 2.24) is 15.0 Å². The summed E-state index contributed by atoms with van der Waals surface area (Å²) in [5.41, 5.74) is 9.34. The van der Waals surface area contributed by atoms with Crippen LogP contribution in [0.25, 0.3) is 22.2 Å². The molecule has 0 aliphatic carbocycles. The first-order valence-electron chi connectivity index (χ1n) is 8.89. The summed E-state index contributed by atoms with van der Waals surface area (Å²) in [6.45, 7) is 0. The molecule has 8 heteroatoms. The van der Waals surface area contributed by atoms with Crippen LogP contribution in [0.2, 0.25) is 0 Å².